The summed E-state index contributed by atoms with van der Waals surface area (Å²) in [5.41, 5.74) is 7.97. The highest BCUT2D eigenvalue weighted by atomic mass is 127. The molecule has 1 aliphatic heterocycles. The van der Waals surface area contributed by atoms with Crippen LogP contribution in [0.25, 0.3) is 11.0 Å². The van der Waals surface area contributed by atoms with Crippen molar-refractivity contribution >= 4 is 45.7 Å². The van der Waals surface area contributed by atoms with Gasteiger partial charge < -0.3 is 20.4 Å². The molecule has 1 aromatic heterocycles. The molecule has 0 aliphatic carbocycles. The van der Waals surface area contributed by atoms with E-state index < -0.39 is 6.09 Å². The lowest BCUT2D eigenvalue weighted by Gasteiger charge is -2.34. The first-order chi connectivity index (χ1) is 13.6. The predicted molar refractivity (Wildman–Crippen MR) is 118 cm³/mol. The average Bonchev–Trinajstić information content (AvgIpc) is 3.13. The Bertz CT molecular complexity index is 964. The maximum atomic E-state index is 11.1. The normalized spacial score (nSPS) is 15.1. The minimum absolute atomic E-state index is 0.378. The largest absolute Gasteiger partial charge is 0.410 e. The van der Waals surface area contributed by atoms with Crippen LogP contribution < -0.4 is 15.4 Å². The Hall–Kier alpha value is -2.33. The van der Waals surface area contributed by atoms with Gasteiger partial charge in [-0.15, -0.1) is 0 Å². The first-order valence-electron chi connectivity index (χ1n) is 9.26. The number of carbonyl (C=O) groups excluding carboxylic acids is 1. The molecule has 28 heavy (non-hydrogen) atoms. The van der Waals surface area contributed by atoms with Gasteiger partial charge in [0.15, 0.2) is 5.75 Å². The Balaban J connectivity index is 1.37. The van der Waals surface area contributed by atoms with Gasteiger partial charge in [-0.25, -0.2) is 9.78 Å². The highest BCUT2D eigenvalue weighted by molar-refractivity contribution is 14.1. The van der Waals surface area contributed by atoms with Crippen molar-refractivity contribution < 1.29 is 9.53 Å². The van der Waals surface area contributed by atoms with Crippen LogP contribution in [0.2, 0.25) is 0 Å². The van der Waals surface area contributed by atoms with Gasteiger partial charge in [-0.2, -0.15) is 0 Å². The molecule has 0 spiro atoms. The van der Waals surface area contributed by atoms with Crippen LogP contribution in [-0.2, 0) is 6.42 Å². The predicted octanol–water partition coefficient (Wildman–Crippen LogP) is 2.99. The Kier molecular flexibility index (Phi) is 5.67. The monoisotopic (exact) mass is 491 g/mol. The van der Waals surface area contributed by atoms with E-state index in [0.29, 0.717) is 11.3 Å². The minimum atomic E-state index is -0.834. The van der Waals surface area contributed by atoms with E-state index in [4.69, 9.17) is 10.5 Å². The third-order valence-electron chi connectivity index (χ3n) is 4.98. The van der Waals surface area contributed by atoms with Gasteiger partial charge in [0.05, 0.1) is 5.52 Å². The van der Waals surface area contributed by atoms with E-state index in [1.165, 1.54) is 9.13 Å². The third kappa shape index (κ3) is 4.39. The van der Waals surface area contributed by atoms with E-state index in [1.807, 2.05) is 12.1 Å². The van der Waals surface area contributed by atoms with E-state index in [0.717, 1.165) is 50.6 Å². The van der Waals surface area contributed by atoms with Crippen LogP contribution in [0, 0.1) is 3.57 Å². The number of benzene rings is 2. The lowest BCUT2D eigenvalue weighted by Crippen LogP contribution is -2.47. The average molecular weight is 491 g/mol. The summed E-state index contributed by atoms with van der Waals surface area (Å²) in [6, 6.07) is 14.1. The lowest BCUT2D eigenvalue weighted by atomic mass is 10.1. The number of nitrogens with zero attached hydrogens (tertiary/aromatic N) is 3. The molecule has 8 heteroatoms. The van der Waals surface area contributed by atoms with E-state index in [-0.39, 0.29) is 0 Å². The summed E-state index contributed by atoms with van der Waals surface area (Å²) in [4.78, 5) is 23.8. The number of amides is 1. The van der Waals surface area contributed by atoms with Crippen molar-refractivity contribution in [2.24, 2.45) is 5.73 Å². The second-order valence-electron chi connectivity index (χ2n) is 6.84. The van der Waals surface area contributed by atoms with Crippen LogP contribution in [0.4, 0.5) is 10.7 Å². The molecule has 3 aromatic rings. The molecule has 4 rings (SSSR count). The number of H-pyrrole nitrogens is 1. The second kappa shape index (κ2) is 8.36. The molecular weight excluding hydrogens is 469 g/mol. The van der Waals surface area contributed by atoms with Gasteiger partial charge in [0.1, 0.15) is 5.52 Å². The zero-order chi connectivity index (χ0) is 19.5. The van der Waals surface area contributed by atoms with E-state index in [2.05, 4.69) is 66.6 Å². The topological polar surface area (TPSA) is 87.5 Å². The first kappa shape index (κ1) is 19.0. The number of fused-ring (bicyclic) bond motifs is 1. The molecule has 1 aliphatic rings. The quantitative estimate of drug-likeness (QED) is 0.536. The van der Waals surface area contributed by atoms with Crippen molar-refractivity contribution in [1.82, 2.24) is 14.9 Å². The van der Waals surface area contributed by atoms with Crippen molar-refractivity contribution in [3.05, 3.63) is 51.6 Å². The molecule has 0 radical (unpaired) electrons. The molecule has 1 saturated heterocycles. The zero-order valence-electron chi connectivity index (χ0n) is 15.4. The summed E-state index contributed by atoms with van der Waals surface area (Å²) in [7, 11) is 0. The van der Waals surface area contributed by atoms with Gasteiger partial charge >= 0.3 is 6.09 Å². The molecule has 2 heterocycles. The highest BCUT2D eigenvalue weighted by Gasteiger charge is 2.20. The summed E-state index contributed by atoms with van der Waals surface area (Å²) in [6.45, 7) is 4.85. The molecule has 3 N–H and O–H groups in total. The van der Waals surface area contributed by atoms with Gasteiger partial charge in [0, 0.05) is 36.3 Å². The SMILES string of the molecule is NC(=O)Oc1cccc2[nH]c(N3CCN(CCc4ccc(I)cc4)CC3)nc12. The van der Waals surface area contributed by atoms with Crippen LogP contribution >= 0.6 is 22.6 Å². The number of para-hydroxylation sites is 1. The van der Waals surface area contributed by atoms with Gasteiger partial charge in [0.25, 0.3) is 0 Å². The van der Waals surface area contributed by atoms with Crippen molar-refractivity contribution in [3.8, 4) is 5.75 Å². The molecule has 0 unspecified atom stereocenters. The maximum absolute atomic E-state index is 11.1. The van der Waals surface area contributed by atoms with E-state index >= 15 is 0 Å². The fourth-order valence-corrected chi connectivity index (χ4v) is 3.81. The van der Waals surface area contributed by atoms with Crippen molar-refractivity contribution in [1.29, 1.82) is 0 Å². The third-order valence-corrected chi connectivity index (χ3v) is 5.69. The number of hydrogen-bond donors (Lipinski definition) is 2. The molecule has 146 valence electrons. The number of piperazine rings is 1. The maximum Gasteiger partial charge on any atom is 0.410 e. The van der Waals surface area contributed by atoms with Crippen molar-refractivity contribution in [3.63, 3.8) is 0 Å². The number of nitrogens with one attached hydrogen (secondary N) is 1. The van der Waals surface area contributed by atoms with Crippen molar-refractivity contribution in [2.75, 3.05) is 37.6 Å². The molecule has 7 nitrogen and oxygen atoms in total. The number of carbonyl (C=O) groups is 1. The molecule has 1 amide bonds. The number of rotatable bonds is 5. The standard InChI is InChI=1S/C20H22IN5O2/c21-15-6-4-14(5-7-15)8-9-25-10-12-26(13-11-25)20-23-16-2-1-3-17(18(16)24-20)28-19(22)27/h1-7H,8-13H2,(H2,22,27)(H,23,24). The van der Waals surface area contributed by atoms with Gasteiger partial charge in [-0.3, -0.25) is 4.90 Å². The molecule has 0 atom stereocenters. The van der Waals surface area contributed by atoms with Crippen LogP contribution in [0.15, 0.2) is 42.5 Å². The number of primary amides is 1. The van der Waals surface area contributed by atoms with Gasteiger partial charge in [-0.05, 0) is 58.8 Å². The molecule has 0 saturated carbocycles. The summed E-state index contributed by atoms with van der Waals surface area (Å²) >= 11 is 2.33. The van der Waals surface area contributed by atoms with Gasteiger partial charge in [0.2, 0.25) is 5.95 Å². The minimum Gasteiger partial charge on any atom is -0.408 e. The van der Waals surface area contributed by atoms with Crippen LogP contribution in [0.1, 0.15) is 5.56 Å². The van der Waals surface area contributed by atoms with E-state index in [9.17, 15) is 4.79 Å². The van der Waals surface area contributed by atoms with Crippen LogP contribution in [-0.4, -0.2) is 53.7 Å². The second-order valence-corrected chi connectivity index (χ2v) is 8.08. The molecule has 2 aromatic carbocycles. The summed E-state index contributed by atoms with van der Waals surface area (Å²) in [5, 5.41) is 0. The number of nitrogens with two attached hydrogens (primary N) is 1. The Morgan fingerprint density at radius 3 is 2.61 bits per heavy atom. The molecule has 0 bridgehead atoms. The Morgan fingerprint density at radius 1 is 1.14 bits per heavy atom. The number of halogens is 1. The summed E-state index contributed by atoms with van der Waals surface area (Å²) < 4.78 is 6.32. The van der Waals surface area contributed by atoms with Crippen LogP contribution in [0.3, 0.4) is 0 Å². The Labute approximate surface area is 177 Å². The van der Waals surface area contributed by atoms with Gasteiger partial charge in [-0.1, -0.05) is 18.2 Å². The summed E-state index contributed by atoms with van der Waals surface area (Å²) in [6.07, 6.45) is 0.230. The van der Waals surface area contributed by atoms with Crippen LogP contribution in [0.5, 0.6) is 5.75 Å². The number of aromatic amines is 1. The first-order valence-corrected chi connectivity index (χ1v) is 10.3. The number of aromatic nitrogens is 2. The number of ether oxygens (including phenoxy) is 1. The number of hydrogen-bond acceptors (Lipinski definition) is 5. The highest BCUT2D eigenvalue weighted by Crippen LogP contribution is 2.26. The lowest BCUT2D eigenvalue weighted by molar-refractivity contribution is 0.211. The Morgan fingerprint density at radius 2 is 1.89 bits per heavy atom. The summed E-state index contributed by atoms with van der Waals surface area (Å²) in [5.74, 6) is 1.18. The fraction of sp³-hybridized carbons (Fsp3) is 0.300. The molecule has 1 fully saturated rings. The number of imidazole rings is 1. The molecular formula is C20H22IN5O2. The number of anilines is 1. The fourth-order valence-electron chi connectivity index (χ4n) is 3.45. The zero-order valence-corrected chi connectivity index (χ0v) is 17.6. The van der Waals surface area contributed by atoms with E-state index in [1.54, 1.807) is 6.07 Å². The van der Waals surface area contributed by atoms with Crippen molar-refractivity contribution in [2.45, 2.75) is 6.42 Å². The smallest absolute Gasteiger partial charge is 0.408 e.